The molecule has 0 heterocycles. The van der Waals surface area contributed by atoms with E-state index in [-0.39, 0.29) is 5.88 Å². The highest BCUT2D eigenvalue weighted by Gasteiger charge is 2.28. The van der Waals surface area contributed by atoms with Crippen molar-refractivity contribution in [2.75, 3.05) is 16.7 Å². The molecule has 0 bridgehead atoms. The van der Waals surface area contributed by atoms with Crippen LogP contribution in [0.3, 0.4) is 0 Å². The van der Waals surface area contributed by atoms with Crippen molar-refractivity contribution in [1.29, 1.82) is 0 Å². The number of halogens is 1. The van der Waals surface area contributed by atoms with Gasteiger partial charge in [0.2, 0.25) is 10.0 Å². The molecule has 0 aliphatic rings. The minimum absolute atomic E-state index is 0.0869. The Morgan fingerprint density at radius 1 is 1.15 bits per heavy atom. The van der Waals surface area contributed by atoms with Gasteiger partial charge in [-0.2, -0.15) is 0 Å². The summed E-state index contributed by atoms with van der Waals surface area (Å²) in [5.74, 6) is 0.0869. The van der Waals surface area contributed by atoms with E-state index in [2.05, 4.69) is 0 Å². The lowest BCUT2D eigenvalue weighted by molar-refractivity contribution is 0.583. The Morgan fingerprint density at radius 3 is 2.45 bits per heavy atom. The molecule has 2 aromatic rings. The first kappa shape index (κ1) is 15.1. The van der Waals surface area contributed by atoms with Gasteiger partial charge < -0.3 is 0 Å². The van der Waals surface area contributed by atoms with Gasteiger partial charge in [0.25, 0.3) is 0 Å². The lowest BCUT2D eigenvalue weighted by atomic mass is 10.1. The number of hydrogen-bond donors (Lipinski definition) is 0. The van der Waals surface area contributed by atoms with Gasteiger partial charge >= 0.3 is 0 Å². The molecule has 0 aliphatic carbocycles. The van der Waals surface area contributed by atoms with Crippen molar-refractivity contribution in [3.05, 3.63) is 42.5 Å². The van der Waals surface area contributed by atoms with Crippen LogP contribution in [0, 0.1) is 0 Å². The highest BCUT2D eigenvalue weighted by atomic mass is 35.5. The fraction of sp³-hybridized carbons (Fsp3) is 0.333. The molecule has 0 amide bonds. The predicted octanol–water partition coefficient (Wildman–Crippen LogP) is 3.62. The minimum Gasteiger partial charge on any atom is -0.270 e. The molecular formula is C15H18ClNO2S. The van der Waals surface area contributed by atoms with Crippen LogP contribution in [-0.4, -0.2) is 26.1 Å². The zero-order chi connectivity index (χ0) is 14.8. The monoisotopic (exact) mass is 311 g/mol. The molecule has 5 heteroatoms. The van der Waals surface area contributed by atoms with Crippen molar-refractivity contribution in [2.45, 2.75) is 19.1 Å². The number of sulfonamides is 1. The molecule has 0 aliphatic heterocycles. The first-order valence-corrected chi connectivity index (χ1v) is 8.61. The van der Waals surface area contributed by atoms with Crippen LogP contribution >= 0.6 is 11.6 Å². The number of alkyl halides is 1. The molecular weight excluding hydrogens is 294 g/mol. The van der Waals surface area contributed by atoms with Gasteiger partial charge in [-0.05, 0) is 25.3 Å². The molecule has 1 unspecified atom stereocenters. The van der Waals surface area contributed by atoms with Gasteiger partial charge in [0.05, 0.1) is 10.9 Å². The maximum Gasteiger partial charge on any atom is 0.238 e. The summed E-state index contributed by atoms with van der Waals surface area (Å²) in [6.45, 7) is 3.86. The quantitative estimate of drug-likeness (QED) is 0.791. The number of nitrogens with zero attached hydrogens (tertiary/aromatic N) is 1. The molecule has 0 radical (unpaired) electrons. The highest BCUT2D eigenvalue weighted by molar-refractivity contribution is 7.93. The second kappa shape index (κ2) is 6.02. The van der Waals surface area contributed by atoms with Crippen molar-refractivity contribution in [1.82, 2.24) is 0 Å². The van der Waals surface area contributed by atoms with Gasteiger partial charge in [-0.25, -0.2) is 8.42 Å². The van der Waals surface area contributed by atoms with Crippen molar-refractivity contribution >= 4 is 38.1 Å². The zero-order valence-electron chi connectivity index (χ0n) is 11.6. The van der Waals surface area contributed by atoms with E-state index >= 15 is 0 Å². The Kier molecular flexibility index (Phi) is 4.55. The fourth-order valence-corrected chi connectivity index (χ4v) is 4.07. The van der Waals surface area contributed by atoms with E-state index in [1.807, 2.05) is 49.4 Å². The maximum atomic E-state index is 12.6. The predicted molar refractivity (Wildman–Crippen MR) is 86.1 cm³/mol. The van der Waals surface area contributed by atoms with E-state index in [1.165, 1.54) is 4.31 Å². The maximum absolute atomic E-state index is 12.6. The van der Waals surface area contributed by atoms with Crippen LogP contribution in [0.1, 0.15) is 13.8 Å². The van der Waals surface area contributed by atoms with Crippen LogP contribution in [0.25, 0.3) is 10.8 Å². The summed E-state index contributed by atoms with van der Waals surface area (Å²) in [7, 11) is -3.44. The van der Waals surface area contributed by atoms with Crippen LogP contribution in [-0.2, 0) is 10.0 Å². The fourth-order valence-electron chi connectivity index (χ4n) is 2.21. The molecule has 20 heavy (non-hydrogen) atoms. The van der Waals surface area contributed by atoms with Crippen molar-refractivity contribution < 1.29 is 8.42 Å². The second-order valence-corrected chi connectivity index (χ2v) is 7.26. The molecule has 3 nitrogen and oxygen atoms in total. The largest absolute Gasteiger partial charge is 0.270 e. The molecule has 2 rings (SSSR count). The van der Waals surface area contributed by atoms with Gasteiger partial charge in [-0.1, -0.05) is 36.4 Å². The van der Waals surface area contributed by atoms with E-state index in [1.54, 1.807) is 6.92 Å². The summed E-state index contributed by atoms with van der Waals surface area (Å²) >= 11 is 5.74. The van der Waals surface area contributed by atoms with Gasteiger partial charge in [-0.15, -0.1) is 11.6 Å². The summed E-state index contributed by atoms with van der Waals surface area (Å²) in [6, 6.07) is 13.5. The Balaban J connectivity index is 2.61. The summed E-state index contributed by atoms with van der Waals surface area (Å²) in [4.78, 5) is 0. The van der Waals surface area contributed by atoms with Gasteiger partial charge in [-0.3, -0.25) is 4.31 Å². The Hall–Kier alpha value is -1.26. The third-order valence-electron chi connectivity index (χ3n) is 3.36. The summed E-state index contributed by atoms with van der Waals surface area (Å²) in [5.41, 5.74) is 0.711. The zero-order valence-corrected chi connectivity index (χ0v) is 13.2. The second-order valence-electron chi connectivity index (χ2n) is 4.67. The smallest absolute Gasteiger partial charge is 0.238 e. The van der Waals surface area contributed by atoms with Crippen LogP contribution in [0.5, 0.6) is 0 Å². The molecule has 2 aromatic carbocycles. The van der Waals surface area contributed by atoms with E-state index < -0.39 is 15.3 Å². The number of hydrogen-bond acceptors (Lipinski definition) is 2. The Bertz CT molecular complexity index is 695. The third kappa shape index (κ3) is 2.63. The lowest BCUT2D eigenvalue weighted by Crippen LogP contribution is -2.38. The molecule has 0 N–H and O–H groups in total. The molecule has 0 spiro atoms. The normalized spacial score (nSPS) is 13.3. The summed E-state index contributed by atoms with van der Waals surface area (Å²) in [5, 5.41) is 1.35. The van der Waals surface area contributed by atoms with Crippen LogP contribution < -0.4 is 4.31 Å². The Morgan fingerprint density at radius 2 is 1.80 bits per heavy atom. The number of fused-ring (bicyclic) bond motifs is 1. The van der Waals surface area contributed by atoms with Gasteiger partial charge in [0.1, 0.15) is 0 Å². The standard InChI is InChI=1S/C15H18ClNO2S/c1-3-17(20(18,19)12(2)11-16)15-10-6-8-13-7-4-5-9-14(13)15/h4-10,12H,3,11H2,1-2H3. The third-order valence-corrected chi connectivity index (χ3v) is 6.25. The molecule has 1 atom stereocenters. The van der Waals surface area contributed by atoms with Crippen molar-refractivity contribution in [3.8, 4) is 0 Å². The average Bonchev–Trinajstić information content (AvgIpc) is 2.47. The van der Waals surface area contributed by atoms with E-state index in [0.29, 0.717) is 12.2 Å². The molecule has 0 saturated carbocycles. The molecule has 0 aromatic heterocycles. The van der Waals surface area contributed by atoms with Crippen LogP contribution in [0.15, 0.2) is 42.5 Å². The SMILES string of the molecule is CCN(c1cccc2ccccc12)S(=O)(=O)C(C)CCl. The Labute approximate surface area is 125 Å². The lowest BCUT2D eigenvalue weighted by Gasteiger charge is -2.27. The highest BCUT2D eigenvalue weighted by Crippen LogP contribution is 2.29. The van der Waals surface area contributed by atoms with E-state index in [0.717, 1.165) is 10.8 Å². The van der Waals surface area contributed by atoms with E-state index in [4.69, 9.17) is 11.6 Å². The molecule has 108 valence electrons. The topological polar surface area (TPSA) is 37.4 Å². The molecule has 0 fully saturated rings. The van der Waals surface area contributed by atoms with Crippen molar-refractivity contribution in [3.63, 3.8) is 0 Å². The van der Waals surface area contributed by atoms with Crippen molar-refractivity contribution in [2.24, 2.45) is 0 Å². The van der Waals surface area contributed by atoms with Gasteiger partial charge in [0.15, 0.2) is 0 Å². The van der Waals surface area contributed by atoms with Crippen LogP contribution in [0.2, 0.25) is 0 Å². The average molecular weight is 312 g/mol. The summed E-state index contributed by atoms with van der Waals surface area (Å²) < 4.78 is 26.6. The first-order valence-electron chi connectivity index (χ1n) is 6.57. The first-order chi connectivity index (χ1) is 9.52. The molecule has 0 saturated heterocycles. The van der Waals surface area contributed by atoms with Gasteiger partial charge in [0, 0.05) is 17.8 Å². The number of benzene rings is 2. The summed E-state index contributed by atoms with van der Waals surface area (Å²) in [6.07, 6.45) is 0. The van der Waals surface area contributed by atoms with E-state index in [9.17, 15) is 8.42 Å². The van der Waals surface area contributed by atoms with Crippen LogP contribution in [0.4, 0.5) is 5.69 Å². The minimum atomic E-state index is -3.44. The number of rotatable bonds is 5. The number of anilines is 1.